The minimum Gasteiger partial charge on any atom is -0.748 e. The Bertz CT molecular complexity index is 182. The van der Waals surface area contributed by atoms with Crippen molar-refractivity contribution >= 4 is 10.1 Å². The molecule has 0 aliphatic carbocycles. The van der Waals surface area contributed by atoms with Crippen molar-refractivity contribution < 1.29 is 55.7 Å². The predicted octanol–water partition coefficient (Wildman–Crippen LogP) is -2.90. The maximum absolute atomic E-state index is 11.0. The van der Waals surface area contributed by atoms with Crippen LogP contribution in [0.1, 0.15) is 0 Å². The van der Waals surface area contributed by atoms with Crippen LogP contribution in [0.5, 0.6) is 0 Å². The minimum absolute atomic E-state index is 0. The monoisotopic (exact) mass is 186 g/mol. The van der Waals surface area contributed by atoms with E-state index in [0.29, 0.717) is 0 Å². The van der Waals surface area contributed by atoms with Gasteiger partial charge in [-0.15, -0.1) is 0 Å². The summed E-state index contributed by atoms with van der Waals surface area (Å²) in [5.41, 5.74) is 0. The molecule has 0 fully saturated rings. The molecule has 0 atom stereocenters. The van der Waals surface area contributed by atoms with Crippen LogP contribution in [0.2, 0.25) is 0 Å². The summed E-state index contributed by atoms with van der Waals surface area (Å²) in [6.45, 7) is 0. The van der Waals surface area contributed by atoms with Gasteiger partial charge in [-0.3, -0.25) is 0 Å². The Hall–Kier alpha value is 0.700. The van der Waals surface area contributed by atoms with E-state index in [2.05, 4.69) is 0 Å². The van der Waals surface area contributed by atoms with Gasteiger partial charge in [0, 0.05) is 0 Å². The second kappa shape index (κ2) is 3.91. The molecule has 0 heterocycles. The van der Waals surface area contributed by atoms with Gasteiger partial charge < -0.3 is 4.55 Å². The molecule has 0 spiro atoms. The van der Waals surface area contributed by atoms with Crippen molar-refractivity contribution in [2.75, 3.05) is 5.75 Å². The van der Waals surface area contributed by atoms with Crippen molar-refractivity contribution in [3.8, 4) is 0 Å². The van der Waals surface area contributed by atoms with E-state index in [1.807, 2.05) is 0 Å². The van der Waals surface area contributed by atoms with Crippen molar-refractivity contribution in [1.29, 1.82) is 0 Å². The van der Waals surface area contributed by atoms with Crippen molar-refractivity contribution in [1.82, 2.24) is 0 Å². The molecule has 0 bridgehead atoms. The standard InChI is InChI=1S/C2H3F3O3S.Na/c3-2(4,5)1-9(6,7)8;/h1H2,(H,6,7,8);/q;+1/p-1. The van der Waals surface area contributed by atoms with Gasteiger partial charge >= 0.3 is 35.7 Å². The van der Waals surface area contributed by atoms with E-state index >= 15 is 0 Å². The Morgan fingerprint density at radius 2 is 1.60 bits per heavy atom. The summed E-state index contributed by atoms with van der Waals surface area (Å²) < 4.78 is 61.0. The van der Waals surface area contributed by atoms with E-state index in [9.17, 15) is 26.1 Å². The van der Waals surface area contributed by atoms with Crippen molar-refractivity contribution in [2.24, 2.45) is 0 Å². The zero-order valence-corrected chi connectivity index (χ0v) is 7.79. The van der Waals surface area contributed by atoms with Crippen LogP contribution in [-0.2, 0) is 10.1 Å². The Labute approximate surface area is 77.6 Å². The van der Waals surface area contributed by atoms with E-state index in [-0.39, 0.29) is 29.6 Å². The summed E-state index contributed by atoms with van der Waals surface area (Å²) in [7, 11) is -5.16. The van der Waals surface area contributed by atoms with Gasteiger partial charge in [0.1, 0.15) is 15.9 Å². The molecule has 3 nitrogen and oxygen atoms in total. The number of alkyl halides is 3. The number of halogens is 3. The van der Waals surface area contributed by atoms with Gasteiger partial charge in [-0.2, -0.15) is 13.2 Å². The van der Waals surface area contributed by atoms with Crippen LogP contribution < -0.4 is 29.6 Å². The smallest absolute Gasteiger partial charge is 0.748 e. The average Bonchev–Trinajstić information content (AvgIpc) is 1.14. The Balaban J connectivity index is 0. The molecule has 0 aliphatic rings. The van der Waals surface area contributed by atoms with Crippen LogP contribution in [-0.4, -0.2) is 24.9 Å². The van der Waals surface area contributed by atoms with Crippen LogP contribution in [0.3, 0.4) is 0 Å². The molecule has 0 radical (unpaired) electrons. The summed E-state index contributed by atoms with van der Waals surface area (Å²) in [6.07, 6.45) is -4.92. The molecule has 0 rings (SSSR count). The molecular formula is C2H2F3NaO3S. The fourth-order valence-corrected chi connectivity index (χ4v) is 0.601. The minimum atomic E-state index is -5.16. The third-order valence-electron chi connectivity index (χ3n) is 0.340. The van der Waals surface area contributed by atoms with Gasteiger partial charge in [0.2, 0.25) is 0 Å². The van der Waals surface area contributed by atoms with E-state index in [4.69, 9.17) is 0 Å². The van der Waals surface area contributed by atoms with Crippen molar-refractivity contribution in [3.05, 3.63) is 0 Å². The molecule has 0 saturated carbocycles. The van der Waals surface area contributed by atoms with E-state index in [0.717, 1.165) is 0 Å². The molecule has 0 saturated heterocycles. The third kappa shape index (κ3) is 11.5. The molecule has 0 aliphatic heterocycles. The number of hydrogen-bond acceptors (Lipinski definition) is 3. The van der Waals surface area contributed by atoms with Gasteiger partial charge in [-0.05, 0) is 0 Å². The van der Waals surface area contributed by atoms with Gasteiger partial charge in [0.15, 0.2) is 0 Å². The molecule has 8 heteroatoms. The fraction of sp³-hybridized carbons (Fsp3) is 1.00. The molecule has 0 unspecified atom stereocenters. The first kappa shape index (κ1) is 13.3. The number of rotatable bonds is 1. The first-order valence-electron chi connectivity index (χ1n) is 1.71. The quantitative estimate of drug-likeness (QED) is 0.326. The molecule has 56 valence electrons. The van der Waals surface area contributed by atoms with Crippen LogP contribution >= 0.6 is 0 Å². The van der Waals surface area contributed by atoms with Crippen LogP contribution in [0, 0.1) is 0 Å². The second-order valence-electron chi connectivity index (χ2n) is 1.32. The predicted molar refractivity (Wildman–Crippen MR) is 20.6 cm³/mol. The summed E-state index contributed by atoms with van der Waals surface area (Å²) in [6, 6.07) is 0. The Morgan fingerprint density at radius 3 is 1.60 bits per heavy atom. The summed E-state index contributed by atoms with van der Waals surface area (Å²) in [5.74, 6) is -2.29. The van der Waals surface area contributed by atoms with Crippen LogP contribution in [0.15, 0.2) is 0 Å². The van der Waals surface area contributed by atoms with Crippen LogP contribution in [0.25, 0.3) is 0 Å². The third-order valence-corrected chi connectivity index (χ3v) is 1.02. The van der Waals surface area contributed by atoms with Gasteiger partial charge in [-0.1, -0.05) is 0 Å². The summed E-state index contributed by atoms with van der Waals surface area (Å²) in [5, 5.41) is 0. The molecule has 0 aromatic rings. The first-order valence-corrected chi connectivity index (χ1v) is 3.29. The van der Waals surface area contributed by atoms with Crippen molar-refractivity contribution in [3.63, 3.8) is 0 Å². The van der Waals surface area contributed by atoms with Crippen LogP contribution in [0.4, 0.5) is 13.2 Å². The molecule has 0 amide bonds. The fourth-order valence-electron chi connectivity index (χ4n) is 0.200. The Kier molecular flexibility index (Phi) is 5.20. The van der Waals surface area contributed by atoms with E-state index in [1.165, 1.54) is 0 Å². The normalized spacial score (nSPS) is 12.4. The molecule has 10 heavy (non-hydrogen) atoms. The topological polar surface area (TPSA) is 57.2 Å². The van der Waals surface area contributed by atoms with E-state index in [1.54, 1.807) is 0 Å². The zero-order valence-electron chi connectivity index (χ0n) is 4.97. The molecule has 0 aromatic heterocycles. The van der Waals surface area contributed by atoms with Crippen molar-refractivity contribution in [2.45, 2.75) is 6.18 Å². The van der Waals surface area contributed by atoms with Gasteiger partial charge in [0.25, 0.3) is 0 Å². The molecule has 0 N–H and O–H groups in total. The molecule has 0 aromatic carbocycles. The molecular weight excluding hydrogens is 184 g/mol. The number of hydrogen-bond donors (Lipinski definition) is 0. The van der Waals surface area contributed by atoms with E-state index < -0.39 is 22.0 Å². The second-order valence-corrected chi connectivity index (χ2v) is 2.72. The van der Waals surface area contributed by atoms with Gasteiger partial charge in [-0.25, -0.2) is 8.42 Å². The zero-order chi connectivity index (χ0) is 7.71. The van der Waals surface area contributed by atoms with Gasteiger partial charge in [0.05, 0.1) is 0 Å². The SMILES string of the molecule is O=S(=O)([O-])CC(F)(F)F.[Na+]. The largest absolute Gasteiger partial charge is 1.00 e. The average molecular weight is 186 g/mol. The summed E-state index contributed by atoms with van der Waals surface area (Å²) in [4.78, 5) is 0. The first-order chi connectivity index (χ1) is 3.71. The maximum Gasteiger partial charge on any atom is 1.00 e. The summed E-state index contributed by atoms with van der Waals surface area (Å²) >= 11 is 0. The maximum atomic E-state index is 11.0. The Morgan fingerprint density at radius 1 is 1.30 bits per heavy atom.